The molecule has 0 aliphatic heterocycles. The SMILES string of the molecule is CCSc1nnc(C(F)F)n1/N=C\c1ccc(Cn2cc([N+](=O)[O-])cn2)o1. The van der Waals surface area contributed by atoms with Crippen LogP contribution in [0.3, 0.4) is 0 Å². The normalized spacial score (nSPS) is 11.7. The summed E-state index contributed by atoms with van der Waals surface area (Å²) in [4.78, 5) is 10.1. The molecule has 142 valence electrons. The Morgan fingerprint density at radius 1 is 1.44 bits per heavy atom. The van der Waals surface area contributed by atoms with Gasteiger partial charge >= 0.3 is 5.69 Å². The summed E-state index contributed by atoms with van der Waals surface area (Å²) < 4.78 is 33.9. The van der Waals surface area contributed by atoms with Crippen molar-refractivity contribution in [1.29, 1.82) is 0 Å². The largest absolute Gasteiger partial charge is 0.458 e. The lowest BCUT2D eigenvalue weighted by Crippen LogP contribution is -2.00. The number of alkyl halides is 2. The molecule has 0 atom stereocenters. The molecule has 0 bridgehead atoms. The average molecular weight is 397 g/mol. The number of hydrogen-bond acceptors (Lipinski definition) is 8. The molecular formula is C14H13F2N7O3S. The standard InChI is InChI=1S/C14H13F2N7O3S/c1-2-27-14-20-19-13(12(15)16)22(14)18-6-10-3-4-11(26-10)8-21-7-9(5-17-21)23(24)25/h3-7,12H,2,8H2,1H3/b18-6-. The Morgan fingerprint density at radius 2 is 2.26 bits per heavy atom. The highest BCUT2D eigenvalue weighted by Gasteiger charge is 2.20. The maximum absolute atomic E-state index is 13.0. The fourth-order valence-corrected chi connectivity index (χ4v) is 2.72. The molecule has 0 radical (unpaired) electrons. The van der Waals surface area contributed by atoms with E-state index in [0.717, 1.165) is 10.9 Å². The van der Waals surface area contributed by atoms with Crippen LogP contribution in [0.1, 0.15) is 30.7 Å². The number of nitro groups is 1. The smallest absolute Gasteiger partial charge is 0.307 e. The van der Waals surface area contributed by atoms with E-state index in [1.807, 2.05) is 6.92 Å². The summed E-state index contributed by atoms with van der Waals surface area (Å²) in [5, 5.41) is 25.9. The van der Waals surface area contributed by atoms with Crippen molar-refractivity contribution in [2.75, 3.05) is 5.75 Å². The molecular weight excluding hydrogens is 384 g/mol. The first-order chi connectivity index (χ1) is 13.0. The molecule has 0 fully saturated rings. The summed E-state index contributed by atoms with van der Waals surface area (Å²) in [6.45, 7) is 2.03. The van der Waals surface area contributed by atoms with Crippen molar-refractivity contribution in [2.45, 2.75) is 25.1 Å². The van der Waals surface area contributed by atoms with E-state index >= 15 is 0 Å². The second kappa shape index (κ2) is 8.07. The minimum Gasteiger partial charge on any atom is -0.458 e. The fourth-order valence-electron chi connectivity index (χ4n) is 2.10. The van der Waals surface area contributed by atoms with Gasteiger partial charge in [-0.2, -0.15) is 14.9 Å². The quantitative estimate of drug-likeness (QED) is 0.248. The summed E-state index contributed by atoms with van der Waals surface area (Å²) in [6.07, 6.45) is 0.861. The first kappa shape index (κ1) is 18.7. The second-order valence-electron chi connectivity index (χ2n) is 5.09. The van der Waals surface area contributed by atoms with Crippen molar-refractivity contribution in [3.63, 3.8) is 0 Å². The van der Waals surface area contributed by atoms with Crippen molar-refractivity contribution in [1.82, 2.24) is 24.7 Å². The Kier molecular flexibility index (Phi) is 5.59. The van der Waals surface area contributed by atoms with Crippen LogP contribution in [0.25, 0.3) is 0 Å². The minimum atomic E-state index is -2.82. The average Bonchev–Trinajstić information content (AvgIpc) is 3.34. The van der Waals surface area contributed by atoms with Gasteiger partial charge in [0.15, 0.2) is 0 Å². The van der Waals surface area contributed by atoms with Gasteiger partial charge in [-0.15, -0.1) is 10.2 Å². The molecule has 3 aromatic heterocycles. The predicted octanol–water partition coefficient (Wildman–Crippen LogP) is 2.96. The maximum atomic E-state index is 13.0. The Balaban J connectivity index is 1.75. The van der Waals surface area contributed by atoms with Crippen molar-refractivity contribution in [3.05, 3.63) is 52.0 Å². The van der Waals surface area contributed by atoms with Crippen molar-refractivity contribution >= 4 is 23.7 Å². The van der Waals surface area contributed by atoms with Gasteiger partial charge in [-0.05, 0) is 17.9 Å². The van der Waals surface area contributed by atoms with E-state index in [-0.39, 0.29) is 17.4 Å². The van der Waals surface area contributed by atoms with Crippen LogP contribution in [-0.4, -0.2) is 41.5 Å². The summed E-state index contributed by atoms with van der Waals surface area (Å²) >= 11 is 1.23. The maximum Gasteiger partial charge on any atom is 0.307 e. The van der Waals surface area contributed by atoms with Crippen LogP contribution in [0.15, 0.2) is 39.2 Å². The van der Waals surface area contributed by atoms with Crippen LogP contribution in [0.2, 0.25) is 0 Å². The monoisotopic (exact) mass is 397 g/mol. The van der Waals surface area contributed by atoms with Gasteiger partial charge in [0.1, 0.15) is 23.9 Å². The molecule has 0 aliphatic carbocycles. The number of thioether (sulfide) groups is 1. The van der Waals surface area contributed by atoms with E-state index in [2.05, 4.69) is 20.4 Å². The fraction of sp³-hybridized carbons (Fsp3) is 0.286. The van der Waals surface area contributed by atoms with Gasteiger partial charge in [-0.25, -0.2) is 8.78 Å². The van der Waals surface area contributed by atoms with E-state index in [9.17, 15) is 18.9 Å². The van der Waals surface area contributed by atoms with E-state index in [1.54, 1.807) is 12.1 Å². The van der Waals surface area contributed by atoms with E-state index in [1.165, 1.54) is 28.9 Å². The number of hydrogen-bond donors (Lipinski definition) is 0. The van der Waals surface area contributed by atoms with Gasteiger partial charge in [0.05, 0.1) is 17.7 Å². The van der Waals surface area contributed by atoms with Crippen LogP contribution in [0.5, 0.6) is 0 Å². The van der Waals surface area contributed by atoms with Gasteiger partial charge < -0.3 is 4.42 Å². The van der Waals surface area contributed by atoms with Gasteiger partial charge in [-0.1, -0.05) is 18.7 Å². The second-order valence-corrected chi connectivity index (χ2v) is 6.32. The zero-order valence-corrected chi connectivity index (χ0v) is 14.7. The lowest BCUT2D eigenvalue weighted by atomic mass is 10.4. The van der Waals surface area contributed by atoms with Crippen molar-refractivity contribution in [3.8, 4) is 0 Å². The number of rotatable bonds is 8. The molecule has 3 aromatic rings. The van der Waals surface area contributed by atoms with Crippen LogP contribution in [-0.2, 0) is 6.54 Å². The Hall–Kier alpha value is -3.09. The molecule has 3 heterocycles. The predicted molar refractivity (Wildman–Crippen MR) is 91.1 cm³/mol. The van der Waals surface area contributed by atoms with Crippen molar-refractivity contribution < 1.29 is 18.1 Å². The third kappa shape index (κ3) is 4.36. The lowest BCUT2D eigenvalue weighted by Gasteiger charge is -2.01. The molecule has 0 amide bonds. The highest BCUT2D eigenvalue weighted by atomic mass is 32.2. The molecule has 0 spiro atoms. The van der Waals surface area contributed by atoms with Gasteiger partial charge in [0.25, 0.3) is 6.43 Å². The third-order valence-corrected chi connectivity index (χ3v) is 4.04. The van der Waals surface area contributed by atoms with Crippen molar-refractivity contribution in [2.24, 2.45) is 5.10 Å². The highest BCUT2D eigenvalue weighted by Crippen LogP contribution is 2.23. The third-order valence-electron chi connectivity index (χ3n) is 3.24. The molecule has 0 unspecified atom stereocenters. The topological polar surface area (TPSA) is 117 Å². The molecule has 0 N–H and O–H groups in total. The molecule has 0 saturated carbocycles. The van der Waals surface area contributed by atoms with Gasteiger partial charge in [0, 0.05) is 0 Å². The molecule has 3 rings (SSSR count). The Bertz CT molecular complexity index is 966. The first-order valence-electron chi connectivity index (χ1n) is 7.64. The Morgan fingerprint density at radius 3 is 2.93 bits per heavy atom. The molecule has 10 nitrogen and oxygen atoms in total. The lowest BCUT2D eigenvalue weighted by molar-refractivity contribution is -0.385. The highest BCUT2D eigenvalue weighted by molar-refractivity contribution is 7.99. The molecule has 27 heavy (non-hydrogen) atoms. The molecule has 0 aromatic carbocycles. The zero-order valence-electron chi connectivity index (χ0n) is 13.9. The number of nitrogens with zero attached hydrogens (tertiary/aromatic N) is 7. The van der Waals surface area contributed by atoms with Gasteiger partial charge in [-0.3, -0.25) is 14.8 Å². The molecule has 0 aliphatic rings. The number of aromatic nitrogens is 5. The summed E-state index contributed by atoms with van der Waals surface area (Å²) in [5.74, 6) is 0.846. The van der Waals surface area contributed by atoms with Gasteiger partial charge in [0.2, 0.25) is 11.0 Å². The minimum absolute atomic E-state index is 0.128. The molecule has 0 saturated heterocycles. The Labute approximate surface area is 155 Å². The zero-order chi connectivity index (χ0) is 19.4. The summed E-state index contributed by atoms with van der Waals surface area (Å²) in [5.41, 5.74) is -0.128. The number of halogens is 2. The van der Waals surface area contributed by atoms with Crippen LogP contribution in [0, 0.1) is 10.1 Å². The molecule has 13 heteroatoms. The van der Waals surface area contributed by atoms with Crippen LogP contribution in [0.4, 0.5) is 14.5 Å². The summed E-state index contributed by atoms with van der Waals surface area (Å²) in [6, 6.07) is 3.23. The summed E-state index contributed by atoms with van der Waals surface area (Å²) in [7, 11) is 0. The van der Waals surface area contributed by atoms with E-state index in [0.29, 0.717) is 17.3 Å². The first-order valence-corrected chi connectivity index (χ1v) is 8.62. The van der Waals surface area contributed by atoms with Crippen LogP contribution < -0.4 is 0 Å². The van der Waals surface area contributed by atoms with Crippen LogP contribution >= 0.6 is 11.8 Å². The number of furan rings is 1. The van der Waals surface area contributed by atoms with E-state index in [4.69, 9.17) is 4.42 Å². The van der Waals surface area contributed by atoms with E-state index < -0.39 is 17.2 Å².